The number of benzene rings is 1. The molecular weight excluding hydrogens is 376 g/mol. The Hall–Kier alpha value is -1.27. The number of hydrogen-bond acceptors (Lipinski definition) is 5. The van der Waals surface area contributed by atoms with Crippen molar-refractivity contribution < 1.29 is 22.1 Å². The lowest BCUT2D eigenvalue weighted by atomic mass is 10.1. The molecule has 0 aliphatic rings. The zero-order valence-electron chi connectivity index (χ0n) is 17.9. The lowest BCUT2D eigenvalue weighted by molar-refractivity contribution is 0.302. The molecule has 0 heterocycles. The molecule has 0 fully saturated rings. The molecule has 0 saturated heterocycles. The fraction of sp³-hybridized carbons (Fsp3) is 0.727. The molecule has 0 aliphatic heterocycles. The zero-order chi connectivity index (χ0) is 20.7. The van der Waals surface area contributed by atoms with Gasteiger partial charge in [-0.3, -0.25) is 4.18 Å². The summed E-state index contributed by atoms with van der Waals surface area (Å²) in [6, 6.07) is 4.65. The molecule has 1 aromatic carbocycles. The molecule has 0 radical (unpaired) electrons. The van der Waals surface area contributed by atoms with Crippen LogP contribution in [0.25, 0.3) is 0 Å². The first-order valence-electron chi connectivity index (χ1n) is 10.7. The van der Waals surface area contributed by atoms with E-state index < -0.39 is 10.1 Å². The Morgan fingerprint density at radius 3 is 1.79 bits per heavy atom. The highest BCUT2D eigenvalue weighted by molar-refractivity contribution is 7.86. The van der Waals surface area contributed by atoms with Gasteiger partial charge in [-0.05, 0) is 18.6 Å². The third kappa shape index (κ3) is 9.78. The van der Waals surface area contributed by atoms with E-state index in [0.29, 0.717) is 5.75 Å². The summed E-state index contributed by atoms with van der Waals surface area (Å²) in [5, 5.41) is 0. The van der Waals surface area contributed by atoms with E-state index in [1.165, 1.54) is 78.1 Å². The number of ether oxygens (including phenoxy) is 2. The number of hydrogen-bond donors (Lipinski definition) is 0. The molecule has 1 rings (SSSR count). The topological polar surface area (TPSA) is 61.8 Å². The van der Waals surface area contributed by atoms with Gasteiger partial charge in [0.25, 0.3) is 0 Å². The monoisotopic (exact) mass is 414 g/mol. The van der Waals surface area contributed by atoms with Crippen LogP contribution in [0.5, 0.6) is 11.5 Å². The van der Waals surface area contributed by atoms with Gasteiger partial charge in [0.15, 0.2) is 0 Å². The first kappa shape index (κ1) is 24.8. The normalized spacial score (nSPS) is 11.5. The van der Waals surface area contributed by atoms with Crippen LogP contribution in [0, 0.1) is 0 Å². The Bertz CT molecular complexity index is 628. The van der Waals surface area contributed by atoms with Crippen LogP contribution in [-0.2, 0) is 14.3 Å². The molecule has 0 atom stereocenters. The minimum Gasteiger partial charge on any atom is -0.497 e. The molecule has 0 saturated carbocycles. The van der Waals surface area contributed by atoms with Crippen molar-refractivity contribution in [3.05, 3.63) is 18.2 Å². The van der Waals surface area contributed by atoms with Crippen molar-refractivity contribution in [2.24, 2.45) is 0 Å². The maximum Gasteiger partial charge on any atom is 0.300 e. The summed E-state index contributed by atoms with van der Waals surface area (Å²) in [4.78, 5) is 0.00767. The summed E-state index contributed by atoms with van der Waals surface area (Å²) in [5.41, 5.74) is 0. The molecule has 5 nitrogen and oxygen atoms in total. The summed E-state index contributed by atoms with van der Waals surface area (Å²) < 4.78 is 40.3. The Kier molecular flexibility index (Phi) is 13.0. The summed E-state index contributed by atoms with van der Waals surface area (Å²) in [6.07, 6.45) is 14.8. The van der Waals surface area contributed by atoms with E-state index in [1.54, 1.807) is 12.1 Å². The van der Waals surface area contributed by atoms with Crippen molar-refractivity contribution in [3.63, 3.8) is 0 Å². The Labute approximate surface area is 171 Å². The van der Waals surface area contributed by atoms with Gasteiger partial charge in [0.05, 0.1) is 20.8 Å². The highest BCUT2D eigenvalue weighted by atomic mass is 32.2. The first-order chi connectivity index (χ1) is 13.5. The summed E-state index contributed by atoms with van der Waals surface area (Å²) >= 11 is 0. The predicted molar refractivity (Wildman–Crippen MR) is 114 cm³/mol. The van der Waals surface area contributed by atoms with Crippen LogP contribution in [0.1, 0.15) is 84.0 Å². The summed E-state index contributed by atoms with van der Waals surface area (Å²) in [7, 11) is -0.927. The van der Waals surface area contributed by atoms with E-state index in [-0.39, 0.29) is 17.3 Å². The SMILES string of the molecule is CCCCCCCCCCCCCCOS(=O)(=O)c1cc(OC)ccc1OC. The molecule has 0 spiro atoms. The Balaban J connectivity index is 2.17. The van der Waals surface area contributed by atoms with Crippen LogP contribution in [-0.4, -0.2) is 29.2 Å². The molecule has 1 aromatic rings. The third-order valence-corrected chi connectivity index (χ3v) is 6.21. The van der Waals surface area contributed by atoms with Crippen LogP contribution < -0.4 is 9.47 Å². The molecule has 162 valence electrons. The van der Waals surface area contributed by atoms with Gasteiger partial charge in [0, 0.05) is 6.07 Å². The van der Waals surface area contributed by atoms with Gasteiger partial charge in [0.2, 0.25) is 0 Å². The predicted octanol–water partition coefficient (Wildman–Crippen LogP) is 6.11. The van der Waals surface area contributed by atoms with Gasteiger partial charge in [-0.2, -0.15) is 8.42 Å². The van der Waals surface area contributed by atoms with Crippen molar-refractivity contribution in [1.29, 1.82) is 0 Å². The van der Waals surface area contributed by atoms with Crippen molar-refractivity contribution >= 4 is 10.1 Å². The maximum absolute atomic E-state index is 12.4. The number of unbranched alkanes of at least 4 members (excludes halogenated alkanes) is 11. The van der Waals surface area contributed by atoms with E-state index in [2.05, 4.69) is 6.92 Å². The third-order valence-electron chi connectivity index (χ3n) is 4.88. The van der Waals surface area contributed by atoms with Crippen LogP contribution in [0.4, 0.5) is 0 Å². The van der Waals surface area contributed by atoms with Crippen LogP contribution in [0.2, 0.25) is 0 Å². The molecule has 0 amide bonds. The molecule has 0 bridgehead atoms. The van der Waals surface area contributed by atoms with Gasteiger partial charge >= 0.3 is 10.1 Å². The highest BCUT2D eigenvalue weighted by Gasteiger charge is 2.21. The lowest BCUT2D eigenvalue weighted by Gasteiger charge is -2.11. The van der Waals surface area contributed by atoms with Crippen molar-refractivity contribution in [3.8, 4) is 11.5 Å². The van der Waals surface area contributed by atoms with Crippen LogP contribution in [0.15, 0.2) is 23.1 Å². The second-order valence-electron chi connectivity index (χ2n) is 7.18. The van der Waals surface area contributed by atoms with E-state index >= 15 is 0 Å². The van der Waals surface area contributed by atoms with E-state index in [9.17, 15) is 8.42 Å². The largest absolute Gasteiger partial charge is 0.497 e. The number of methoxy groups -OCH3 is 2. The molecule has 0 N–H and O–H groups in total. The Morgan fingerprint density at radius 2 is 1.29 bits per heavy atom. The fourth-order valence-corrected chi connectivity index (χ4v) is 4.28. The Morgan fingerprint density at radius 1 is 0.750 bits per heavy atom. The molecule has 0 unspecified atom stereocenters. The minimum absolute atomic E-state index is 0.00767. The van der Waals surface area contributed by atoms with E-state index in [4.69, 9.17) is 13.7 Å². The van der Waals surface area contributed by atoms with Crippen molar-refractivity contribution in [2.75, 3.05) is 20.8 Å². The second-order valence-corrected chi connectivity index (χ2v) is 8.77. The van der Waals surface area contributed by atoms with Crippen LogP contribution >= 0.6 is 0 Å². The minimum atomic E-state index is -3.86. The summed E-state index contributed by atoms with van der Waals surface area (Å²) in [5.74, 6) is 0.712. The molecule has 0 aromatic heterocycles. The molecular formula is C22H38O5S. The van der Waals surface area contributed by atoms with Crippen molar-refractivity contribution in [1.82, 2.24) is 0 Å². The smallest absolute Gasteiger partial charge is 0.300 e. The fourth-order valence-electron chi connectivity index (χ4n) is 3.15. The highest BCUT2D eigenvalue weighted by Crippen LogP contribution is 2.29. The molecule has 28 heavy (non-hydrogen) atoms. The second kappa shape index (κ2) is 14.7. The molecule has 6 heteroatoms. The average Bonchev–Trinajstić information content (AvgIpc) is 2.70. The van der Waals surface area contributed by atoms with E-state index in [1.807, 2.05) is 0 Å². The standard InChI is InChI=1S/C22H38O5S/c1-4-5-6-7-8-9-10-11-12-13-14-15-18-27-28(23,24)22-19-20(25-2)16-17-21(22)26-3/h16-17,19H,4-15,18H2,1-3H3. The average molecular weight is 415 g/mol. The maximum atomic E-state index is 12.4. The zero-order valence-corrected chi connectivity index (χ0v) is 18.7. The lowest BCUT2D eigenvalue weighted by Crippen LogP contribution is -2.09. The van der Waals surface area contributed by atoms with E-state index in [0.717, 1.165) is 19.3 Å². The van der Waals surface area contributed by atoms with Gasteiger partial charge in [-0.25, -0.2) is 0 Å². The number of rotatable bonds is 17. The van der Waals surface area contributed by atoms with Gasteiger partial charge < -0.3 is 9.47 Å². The van der Waals surface area contributed by atoms with Gasteiger partial charge in [-0.1, -0.05) is 77.6 Å². The van der Waals surface area contributed by atoms with Crippen LogP contribution in [0.3, 0.4) is 0 Å². The van der Waals surface area contributed by atoms with Gasteiger partial charge in [0.1, 0.15) is 16.4 Å². The summed E-state index contributed by atoms with van der Waals surface area (Å²) in [6.45, 7) is 2.44. The quantitative estimate of drug-likeness (QED) is 0.227. The molecule has 0 aliphatic carbocycles. The van der Waals surface area contributed by atoms with Gasteiger partial charge in [-0.15, -0.1) is 0 Å². The van der Waals surface area contributed by atoms with Crippen molar-refractivity contribution in [2.45, 2.75) is 88.9 Å². The first-order valence-corrected chi connectivity index (χ1v) is 12.1.